The van der Waals surface area contributed by atoms with Crippen molar-refractivity contribution in [2.75, 3.05) is 7.11 Å². The quantitative estimate of drug-likeness (QED) is 0.267. The molecule has 0 aliphatic carbocycles. The molecule has 164 valence electrons. The minimum atomic E-state index is -0.129. The normalized spacial score (nSPS) is 11.9. The van der Waals surface area contributed by atoms with Gasteiger partial charge in [-0.25, -0.2) is 5.43 Å². The SMILES string of the molecule is COc1ccc2ccccc2c1C(C)=NNC(=O)CCn1c2ccccc2c2ccccc21. The Kier molecular flexibility index (Phi) is 5.53. The van der Waals surface area contributed by atoms with Crippen LogP contribution in [0, 0.1) is 0 Å². The van der Waals surface area contributed by atoms with Crippen molar-refractivity contribution in [2.24, 2.45) is 5.10 Å². The van der Waals surface area contributed by atoms with E-state index in [0.717, 1.165) is 33.1 Å². The predicted octanol–water partition coefficient (Wildman–Crippen LogP) is 5.89. The number of hydrogen-bond donors (Lipinski definition) is 1. The Morgan fingerprint density at radius 2 is 1.45 bits per heavy atom. The van der Waals surface area contributed by atoms with Crippen molar-refractivity contribution in [3.63, 3.8) is 0 Å². The number of rotatable bonds is 6. The molecule has 5 aromatic rings. The summed E-state index contributed by atoms with van der Waals surface area (Å²) in [5.41, 5.74) is 6.59. The predicted molar refractivity (Wildman–Crippen MR) is 135 cm³/mol. The van der Waals surface area contributed by atoms with E-state index in [1.807, 2.05) is 61.5 Å². The molecule has 1 aromatic heterocycles. The van der Waals surface area contributed by atoms with Gasteiger partial charge in [0.15, 0.2) is 0 Å². The maximum absolute atomic E-state index is 12.7. The van der Waals surface area contributed by atoms with Crippen molar-refractivity contribution in [1.82, 2.24) is 9.99 Å². The molecular weight excluding hydrogens is 410 g/mol. The van der Waals surface area contributed by atoms with Crippen molar-refractivity contribution in [1.29, 1.82) is 0 Å². The molecule has 0 bridgehead atoms. The summed E-state index contributed by atoms with van der Waals surface area (Å²) in [6.45, 7) is 2.46. The Balaban J connectivity index is 1.37. The van der Waals surface area contributed by atoms with Crippen LogP contribution < -0.4 is 10.2 Å². The zero-order valence-electron chi connectivity index (χ0n) is 18.7. The van der Waals surface area contributed by atoms with E-state index in [-0.39, 0.29) is 5.91 Å². The maximum atomic E-state index is 12.7. The molecule has 1 amide bonds. The van der Waals surface area contributed by atoms with Crippen LogP contribution in [0.25, 0.3) is 32.6 Å². The number of fused-ring (bicyclic) bond motifs is 4. The fraction of sp³-hybridized carbons (Fsp3) is 0.143. The summed E-state index contributed by atoms with van der Waals surface area (Å²) in [4.78, 5) is 12.7. The Morgan fingerprint density at radius 3 is 2.12 bits per heavy atom. The van der Waals surface area contributed by atoms with E-state index in [2.05, 4.69) is 45.4 Å². The third kappa shape index (κ3) is 3.82. The third-order valence-electron chi connectivity index (χ3n) is 6.06. The maximum Gasteiger partial charge on any atom is 0.241 e. The summed E-state index contributed by atoms with van der Waals surface area (Å²) >= 11 is 0. The molecule has 0 unspecified atom stereocenters. The van der Waals surface area contributed by atoms with Crippen molar-refractivity contribution in [3.05, 3.63) is 90.5 Å². The highest BCUT2D eigenvalue weighted by molar-refractivity contribution is 6.12. The zero-order valence-corrected chi connectivity index (χ0v) is 18.7. The number of carbonyl (C=O) groups excluding carboxylic acids is 1. The van der Waals surface area contributed by atoms with E-state index in [0.29, 0.717) is 18.7 Å². The summed E-state index contributed by atoms with van der Waals surface area (Å²) < 4.78 is 7.77. The Morgan fingerprint density at radius 1 is 0.848 bits per heavy atom. The molecule has 1 heterocycles. The van der Waals surface area contributed by atoms with Gasteiger partial charge in [-0.15, -0.1) is 0 Å². The fourth-order valence-corrected chi connectivity index (χ4v) is 4.51. The minimum Gasteiger partial charge on any atom is -0.496 e. The summed E-state index contributed by atoms with van der Waals surface area (Å²) in [5.74, 6) is 0.602. The number of aryl methyl sites for hydroxylation is 1. The molecule has 33 heavy (non-hydrogen) atoms. The summed E-state index contributed by atoms with van der Waals surface area (Å²) in [7, 11) is 1.64. The number of methoxy groups -OCH3 is 1. The molecule has 0 atom stereocenters. The van der Waals surface area contributed by atoms with E-state index in [9.17, 15) is 4.79 Å². The van der Waals surface area contributed by atoms with E-state index < -0.39 is 0 Å². The van der Waals surface area contributed by atoms with E-state index in [1.54, 1.807) is 7.11 Å². The van der Waals surface area contributed by atoms with Crippen molar-refractivity contribution in [2.45, 2.75) is 19.9 Å². The van der Waals surface area contributed by atoms with Crippen LogP contribution in [0.4, 0.5) is 0 Å². The largest absolute Gasteiger partial charge is 0.496 e. The van der Waals surface area contributed by atoms with Gasteiger partial charge in [-0.2, -0.15) is 5.10 Å². The lowest BCUT2D eigenvalue weighted by Gasteiger charge is -2.12. The summed E-state index contributed by atoms with van der Waals surface area (Å²) in [6, 6.07) is 28.6. The highest BCUT2D eigenvalue weighted by Crippen LogP contribution is 2.30. The van der Waals surface area contributed by atoms with Crippen molar-refractivity contribution >= 4 is 44.2 Å². The summed E-state index contributed by atoms with van der Waals surface area (Å²) in [5, 5.41) is 8.94. The number of ether oxygens (including phenoxy) is 1. The van der Waals surface area contributed by atoms with Crippen LogP contribution in [0.1, 0.15) is 18.9 Å². The molecule has 0 aliphatic rings. The summed E-state index contributed by atoms with van der Waals surface area (Å²) in [6.07, 6.45) is 0.326. The average Bonchev–Trinajstić information content (AvgIpc) is 3.19. The number of carbonyl (C=O) groups is 1. The van der Waals surface area contributed by atoms with Gasteiger partial charge in [0, 0.05) is 40.3 Å². The van der Waals surface area contributed by atoms with Crippen LogP contribution in [0.3, 0.4) is 0 Å². The Hall–Kier alpha value is -4.12. The molecule has 5 nitrogen and oxygen atoms in total. The molecule has 5 heteroatoms. The average molecular weight is 436 g/mol. The van der Waals surface area contributed by atoms with Gasteiger partial charge in [0.05, 0.1) is 12.8 Å². The van der Waals surface area contributed by atoms with Gasteiger partial charge in [0.2, 0.25) is 5.91 Å². The lowest BCUT2D eigenvalue weighted by Crippen LogP contribution is -2.21. The molecule has 0 spiro atoms. The van der Waals surface area contributed by atoms with Crippen LogP contribution >= 0.6 is 0 Å². The second kappa shape index (κ2) is 8.79. The van der Waals surface area contributed by atoms with Crippen molar-refractivity contribution < 1.29 is 9.53 Å². The number of nitrogens with one attached hydrogen (secondary N) is 1. The van der Waals surface area contributed by atoms with E-state index in [1.165, 1.54) is 10.8 Å². The molecule has 5 rings (SSSR count). The molecule has 0 radical (unpaired) electrons. The number of aromatic nitrogens is 1. The highest BCUT2D eigenvalue weighted by atomic mass is 16.5. The van der Waals surface area contributed by atoms with Crippen LogP contribution in [0.15, 0.2) is 90.0 Å². The first-order valence-corrected chi connectivity index (χ1v) is 11.0. The van der Waals surface area contributed by atoms with Crippen LogP contribution in [0.2, 0.25) is 0 Å². The van der Waals surface area contributed by atoms with Crippen LogP contribution in [-0.2, 0) is 11.3 Å². The van der Waals surface area contributed by atoms with E-state index in [4.69, 9.17) is 4.74 Å². The van der Waals surface area contributed by atoms with Gasteiger partial charge >= 0.3 is 0 Å². The topological polar surface area (TPSA) is 55.6 Å². The lowest BCUT2D eigenvalue weighted by atomic mass is 10.0. The second-order valence-corrected chi connectivity index (χ2v) is 8.03. The standard InChI is InChI=1S/C28H25N3O2/c1-19(28-21-10-4-3-9-20(21)15-16-26(28)33-2)29-30-27(32)17-18-31-24-13-7-5-11-22(24)23-12-6-8-14-25(23)31/h3-16H,17-18H2,1-2H3,(H,30,32). The number of hydrogen-bond acceptors (Lipinski definition) is 3. The molecule has 0 aliphatic heterocycles. The molecule has 0 saturated heterocycles. The number of para-hydroxylation sites is 2. The number of nitrogens with zero attached hydrogens (tertiary/aromatic N) is 2. The van der Waals surface area contributed by atoms with Gasteiger partial charge in [0.1, 0.15) is 5.75 Å². The minimum absolute atomic E-state index is 0.129. The second-order valence-electron chi connectivity index (χ2n) is 8.03. The fourth-order valence-electron chi connectivity index (χ4n) is 4.51. The third-order valence-corrected chi connectivity index (χ3v) is 6.06. The van der Waals surface area contributed by atoms with Gasteiger partial charge in [-0.1, -0.05) is 66.7 Å². The molecule has 1 N–H and O–H groups in total. The Labute approximate surface area is 192 Å². The Bertz CT molecular complexity index is 1460. The number of benzene rings is 4. The number of amides is 1. The zero-order chi connectivity index (χ0) is 22.8. The monoisotopic (exact) mass is 435 g/mol. The van der Waals surface area contributed by atoms with Gasteiger partial charge in [-0.05, 0) is 35.9 Å². The smallest absolute Gasteiger partial charge is 0.241 e. The molecule has 0 saturated carbocycles. The lowest BCUT2D eigenvalue weighted by molar-refractivity contribution is -0.121. The van der Waals surface area contributed by atoms with Crippen LogP contribution in [-0.4, -0.2) is 23.3 Å². The molecular formula is C28H25N3O2. The first kappa shape index (κ1) is 20.8. The van der Waals surface area contributed by atoms with Gasteiger partial charge in [-0.3, -0.25) is 4.79 Å². The first-order chi connectivity index (χ1) is 16.2. The van der Waals surface area contributed by atoms with Crippen LogP contribution in [0.5, 0.6) is 5.75 Å². The van der Waals surface area contributed by atoms with E-state index >= 15 is 0 Å². The highest BCUT2D eigenvalue weighted by Gasteiger charge is 2.13. The molecule has 4 aromatic carbocycles. The van der Waals surface area contributed by atoms with Crippen molar-refractivity contribution in [3.8, 4) is 5.75 Å². The first-order valence-electron chi connectivity index (χ1n) is 11.0. The van der Waals surface area contributed by atoms with Gasteiger partial charge < -0.3 is 9.30 Å². The number of hydrazone groups is 1. The van der Waals surface area contributed by atoms with Gasteiger partial charge in [0.25, 0.3) is 0 Å². The molecule has 0 fully saturated rings.